The fourth-order valence-corrected chi connectivity index (χ4v) is 4.56. The van der Waals surface area contributed by atoms with Crippen LogP contribution in [0.1, 0.15) is 27.2 Å². The first-order valence-electron chi connectivity index (χ1n) is 10.7. The molecule has 0 radical (unpaired) electrons. The third-order valence-corrected chi connectivity index (χ3v) is 6.15. The third kappa shape index (κ3) is 3.04. The zero-order valence-corrected chi connectivity index (χ0v) is 17.9. The summed E-state index contributed by atoms with van der Waals surface area (Å²) >= 11 is 0. The first kappa shape index (κ1) is 19.9. The molecular formula is C25H23N5O2. The minimum atomic E-state index is -0.0878. The molecule has 160 valence electrons. The van der Waals surface area contributed by atoms with Crippen LogP contribution in [0.2, 0.25) is 0 Å². The van der Waals surface area contributed by atoms with Gasteiger partial charge in [0.25, 0.3) is 5.91 Å². The number of anilines is 1. The predicted molar refractivity (Wildman–Crippen MR) is 123 cm³/mol. The van der Waals surface area contributed by atoms with Crippen molar-refractivity contribution >= 4 is 28.4 Å². The van der Waals surface area contributed by atoms with Gasteiger partial charge in [-0.1, -0.05) is 18.2 Å². The lowest BCUT2D eigenvalue weighted by Gasteiger charge is -2.37. The Balaban J connectivity index is 1.62. The Morgan fingerprint density at radius 2 is 2.00 bits per heavy atom. The van der Waals surface area contributed by atoms with Crippen molar-refractivity contribution in [2.75, 3.05) is 31.1 Å². The number of rotatable bonds is 4. The van der Waals surface area contributed by atoms with Crippen molar-refractivity contribution in [3.63, 3.8) is 0 Å². The van der Waals surface area contributed by atoms with Crippen LogP contribution < -0.4 is 4.90 Å². The molecule has 1 aliphatic heterocycles. The molecule has 5 rings (SSSR count). The molecule has 1 amide bonds. The maximum atomic E-state index is 12.7. The van der Waals surface area contributed by atoms with E-state index in [-0.39, 0.29) is 5.91 Å². The molecule has 0 aliphatic carbocycles. The molecule has 32 heavy (non-hydrogen) atoms. The van der Waals surface area contributed by atoms with E-state index in [4.69, 9.17) is 9.40 Å². The second kappa shape index (κ2) is 7.89. The molecule has 0 bridgehead atoms. The van der Waals surface area contributed by atoms with E-state index in [2.05, 4.69) is 21.9 Å². The number of piperazine rings is 1. The minimum Gasteiger partial charge on any atom is -0.459 e. The van der Waals surface area contributed by atoms with Crippen LogP contribution in [0.25, 0.3) is 16.7 Å². The summed E-state index contributed by atoms with van der Waals surface area (Å²) in [6.45, 7) is 8.43. The van der Waals surface area contributed by atoms with E-state index in [9.17, 15) is 10.1 Å². The molecule has 0 N–H and O–H groups in total. The Morgan fingerprint density at radius 1 is 1.22 bits per heavy atom. The second-order valence-electron chi connectivity index (χ2n) is 7.92. The van der Waals surface area contributed by atoms with Crippen molar-refractivity contribution in [3.05, 3.63) is 77.8 Å². The number of furan rings is 1. The molecule has 0 spiro atoms. The van der Waals surface area contributed by atoms with E-state index in [1.54, 1.807) is 12.1 Å². The van der Waals surface area contributed by atoms with Gasteiger partial charge in [-0.3, -0.25) is 9.20 Å². The van der Waals surface area contributed by atoms with Crippen LogP contribution in [0.4, 0.5) is 5.82 Å². The molecule has 0 unspecified atom stereocenters. The van der Waals surface area contributed by atoms with Gasteiger partial charge in [-0.15, -0.1) is 6.58 Å². The van der Waals surface area contributed by atoms with Crippen molar-refractivity contribution in [3.8, 4) is 6.07 Å². The fraction of sp³-hybridized carbons (Fsp3) is 0.240. The van der Waals surface area contributed by atoms with Gasteiger partial charge >= 0.3 is 0 Å². The lowest BCUT2D eigenvalue weighted by molar-refractivity contribution is 0.0714. The maximum Gasteiger partial charge on any atom is 0.289 e. The monoisotopic (exact) mass is 425 g/mol. The number of benzene rings is 1. The molecular weight excluding hydrogens is 402 g/mol. The van der Waals surface area contributed by atoms with Crippen LogP contribution in [0.15, 0.2) is 59.7 Å². The lowest BCUT2D eigenvalue weighted by atomic mass is 10.0. The number of nitrogens with zero attached hydrogens (tertiary/aromatic N) is 5. The molecule has 4 heterocycles. The summed E-state index contributed by atoms with van der Waals surface area (Å²) in [5.41, 5.74) is 5.08. The first-order valence-corrected chi connectivity index (χ1v) is 10.7. The molecule has 1 saturated heterocycles. The molecule has 7 heteroatoms. The van der Waals surface area contributed by atoms with Crippen LogP contribution in [0.3, 0.4) is 0 Å². The smallest absolute Gasteiger partial charge is 0.289 e. The standard InChI is InChI=1S/C25H23N5O2/c1-3-7-18-17(2)19(16-26)23-27-20-8-4-5-9-21(20)30(23)24(18)28-11-13-29(14-12-28)25(31)22-10-6-15-32-22/h3-6,8-10,15H,1,7,11-14H2,2H3. The normalized spacial score (nSPS) is 14.1. The highest BCUT2D eigenvalue weighted by Crippen LogP contribution is 2.34. The Kier molecular flexibility index (Phi) is 4.91. The summed E-state index contributed by atoms with van der Waals surface area (Å²) in [5, 5.41) is 9.93. The number of carbonyl (C=O) groups is 1. The molecule has 1 aromatic carbocycles. The molecule has 4 aromatic rings. The highest BCUT2D eigenvalue weighted by molar-refractivity contribution is 5.91. The number of carbonyl (C=O) groups excluding carboxylic acids is 1. The third-order valence-electron chi connectivity index (χ3n) is 6.15. The topological polar surface area (TPSA) is 77.8 Å². The summed E-state index contributed by atoms with van der Waals surface area (Å²) in [6, 6.07) is 13.7. The minimum absolute atomic E-state index is 0.0878. The van der Waals surface area contributed by atoms with Crippen molar-refractivity contribution in [1.82, 2.24) is 14.3 Å². The van der Waals surface area contributed by atoms with Gasteiger partial charge in [-0.25, -0.2) is 4.98 Å². The van der Waals surface area contributed by atoms with Crippen molar-refractivity contribution in [2.24, 2.45) is 0 Å². The van der Waals surface area contributed by atoms with E-state index in [0.29, 0.717) is 49.6 Å². The quantitative estimate of drug-likeness (QED) is 0.463. The number of aromatic nitrogens is 2. The van der Waals surface area contributed by atoms with Gasteiger partial charge in [0.05, 0.1) is 22.9 Å². The molecule has 3 aromatic heterocycles. The van der Waals surface area contributed by atoms with Gasteiger partial charge in [0.15, 0.2) is 11.4 Å². The zero-order valence-electron chi connectivity index (χ0n) is 17.9. The van der Waals surface area contributed by atoms with Gasteiger partial charge in [0, 0.05) is 31.7 Å². The van der Waals surface area contributed by atoms with Crippen LogP contribution in [-0.4, -0.2) is 46.4 Å². The summed E-state index contributed by atoms with van der Waals surface area (Å²) in [4.78, 5) is 21.6. The molecule has 7 nitrogen and oxygen atoms in total. The van der Waals surface area contributed by atoms with Gasteiger partial charge < -0.3 is 14.2 Å². The number of allylic oxidation sites excluding steroid dienone is 1. The number of para-hydroxylation sites is 2. The summed E-state index contributed by atoms with van der Waals surface area (Å²) in [6.07, 6.45) is 4.03. The second-order valence-corrected chi connectivity index (χ2v) is 7.92. The van der Waals surface area contributed by atoms with Crippen LogP contribution in [0.5, 0.6) is 0 Å². The molecule has 0 saturated carbocycles. The van der Waals surface area contributed by atoms with E-state index < -0.39 is 0 Å². The van der Waals surface area contributed by atoms with Crippen LogP contribution in [-0.2, 0) is 6.42 Å². The largest absolute Gasteiger partial charge is 0.459 e. The average molecular weight is 425 g/mol. The lowest BCUT2D eigenvalue weighted by Crippen LogP contribution is -2.49. The van der Waals surface area contributed by atoms with E-state index in [1.165, 1.54) is 6.26 Å². The Hall–Kier alpha value is -4.05. The van der Waals surface area contributed by atoms with Gasteiger partial charge in [-0.2, -0.15) is 5.26 Å². The van der Waals surface area contributed by atoms with Gasteiger partial charge in [0.1, 0.15) is 11.9 Å². The van der Waals surface area contributed by atoms with Crippen molar-refractivity contribution < 1.29 is 9.21 Å². The molecule has 1 fully saturated rings. The number of hydrogen-bond acceptors (Lipinski definition) is 5. The fourth-order valence-electron chi connectivity index (χ4n) is 4.56. The SMILES string of the molecule is C=CCc1c(C)c(C#N)c2nc3ccccc3n2c1N1CCN(C(=O)c2ccco2)CC1. The summed E-state index contributed by atoms with van der Waals surface area (Å²) < 4.78 is 7.39. The van der Waals surface area contributed by atoms with Gasteiger partial charge in [-0.05, 0) is 43.2 Å². The maximum absolute atomic E-state index is 12.7. The number of amides is 1. The first-order chi connectivity index (χ1) is 15.6. The van der Waals surface area contributed by atoms with Crippen molar-refractivity contribution in [1.29, 1.82) is 5.26 Å². The number of imidazole rings is 1. The predicted octanol–water partition coefficient (Wildman–Crippen LogP) is 3.95. The Bertz CT molecular complexity index is 1370. The summed E-state index contributed by atoms with van der Waals surface area (Å²) in [7, 11) is 0. The molecule has 0 atom stereocenters. The highest BCUT2D eigenvalue weighted by atomic mass is 16.3. The number of fused-ring (bicyclic) bond motifs is 3. The number of pyridine rings is 1. The molecule has 1 aliphatic rings. The van der Waals surface area contributed by atoms with Gasteiger partial charge in [0.2, 0.25) is 0 Å². The Morgan fingerprint density at radius 3 is 2.69 bits per heavy atom. The van der Waals surface area contributed by atoms with Crippen LogP contribution in [0, 0.1) is 18.3 Å². The summed E-state index contributed by atoms with van der Waals surface area (Å²) in [5.74, 6) is 1.30. The number of nitriles is 1. The zero-order chi connectivity index (χ0) is 22.2. The van der Waals surface area contributed by atoms with Crippen molar-refractivity contribution in [2.45, 2.75) is 13.3 Å². The Labute approximate surface area is 185 Å². The van der Waals surface area contributed by atoms with E-state index >= 15 is 0 Å². The van der Waals surface area contributed by atoms with E-state index in [1.807, 2.05) is 42.2 Å². The highest BCUT2D eigenvalue weighted by Gasteiger charge is 2.28. The van der Waals surface area contributed by atoms with Crippen LogP contribution >= 0.6 is 0 Å². The average Bonchev–Trinajstić information content (AvgIpc) is 3.48. The van der Waals surface area contributed by atoms with E-state index in [0.717, 1.165) is 28.0 Å². The number of hydrogen-bond donors (Lipinski definition) is 0.